The van der Waals surface area contributed by atoms with Gasteiger partial charge in [-0.2, -0.15) is 5.26 Å². The van der Waals surface area contributed by atoms with Crippen LogP contribution in [-0.4, -0.2) is 60.4 Å². The van der Waals surface area contributed by atoms with Crippen LogP contribution >= 0.6 is 23.1 Å². The summed E-state index contributed by atoms with van der Waals surface area (Å²) in [5, 5.41) is 13.9. The van der Waals surface area contributed by atoms with E-state index in [1.54, 1.807) is 18.0 Å². The average molecular weight is 392 g/mol. The molecule has 3 rings (SSSR count). The maximum Gasteiger partial charge on any atom is 0.300 e. The second kappa shape index (κ2) is 8.64. The molecule has 0 radical (unpaired) electrons. The van der Waals surface area contributed by atoms with Crippen LogP contribution < -0.4 is 20.5 Å². The lowest BCUT2D eigenvalue weighted by Gasteiger charge is -2.32. The van der Waals surface area contributed by atoms with Crippen molar-refractivity contribution in [3.05, 3.63) is 17.1 Å². The van der Waals surface area contributed by atoms with Crippen LogP contribution in [0.1, 0.15) is 4.88 Å². The van der Waals surface area contributed by atoms with E-state index < -0.39 is 0 Å². The van der Waals surface area contributed by atoms with Gasteiger partial charge in [-0.05, 0) is 7.05 Å². The summed E-state index contributed by atoms with van der Waals surface area (Å²) >= 11 is 2.98. The van der Waals surface area contributed by atoms with Gasteiger partial charge in [-0.25, -0.2) is 14.9 Å². The number of hydrogen-bond acceptors (Lipinski definition) is 9. The Morgan fingerprint density at radius 2 is 2.19 bits per heavy atom. The quantitative estimate of drug-likeness (QED) is 0.424. The van der Waals surface area contributed by atoms with E-state index in [1.807, 2.05) is 17.7 Å². The average Bonchev–Trinajstić information content (AvgIpc) is 3.10. The molecule has 0 aromatic carbocycles. The molecule has 1 aliphatic heterocycles. The predicted octanol–water partition coefficient (Wildman–Crippen LogP) is 0.780. The third-order valence-corrected chi connectivity index (χ3v) is 6.03. The Hall–Kier alpha value is -1.93. The molecule has 0 spiro atoms. The molecule has 0 atom stereocenters. The van der Waals surface area contributed by atoms with Crippen molar-refractivity contribution in [3.63, 3.8) is 0 Å². The van der Waals surface area contributed by atoms with Crippen LogP contribution in [0.5, 0.6) is 0 Å². The summed E-state index contributed by atoms with van der Waals surface area (Å²) in [5.74, 6) is 2.66. The van der Waals surface area contributed by atoms with Crippen molar-refractivity contribution >= 4 is 39.9 Å². The number of nitriles is 1. The molecule has 2 aromatic rings. The van der Waals surface area contributed by atoms with E-state index in [9.17, 15) is 0 Å². The number of likely N-dealkylation sites (N-methyl/N-ethyl adjacent to an activating group) is 1. The van der Waals surface area contributed by atoms with Crippen molar-refractivity contribution in [1.29, 1.82) is 5.26 Å². The Bertz CT molecular complexity index is 792. The lowest BCUT2D eigenvalue weighted by atomic mass is 10.3. The maximum absolute atomic E-state index is 9.00. The first-order valence-corrected chi connectivity index (χ1v) is 10.2. The molecule has 8 nitrogen and oxygen atoms in total. The van der Waals surface area contributed by atoms with Gasteiger partial charge in [0.15, 0.2) is 0 Å². The number of thiazole rings is 1. The number of nitrogens with zero attached hydrogens (tertiary/aromatic N) is 6. The van der Waals surface area contributed by atoms with Crippen molar-refractivity contribution in [1.82, 2.24) is 14.9 Å². The molecule has 0 amide bonds. The third kappa shape index (κ3) is 4.42. The maximum atomic E-state index is 9.00. The van der Waals surface area contributed by atoms with Gasteiger partial charge in [0.05, 0.1) is 19.3 Å². The molecular formula is C16H23N8S2+. The number of nitrogens with two attached hydrogens (primary N) is 1. The number of nitrogens with one attached hydrogen (secondary N) is 1. The molecule has 1 fully saturated rings. The van der Waals surface area contributed by atoms with Gasteiger partial charge in [-0.1, -0.05) is 28.1 Å². The van der Waals surface area contributed by atoms with Gasteiger partial charge in [0.25, 0.3) is 0 Å². The largest absolute Gasteiger partial charge is 0.340 e. The van der Waals surface area contributed by atoms with E-state index in [4.69, 9.17) is 16.0 Å². The summed E-state index contributed by atoms with van der Waals surface area (Å²) < 4.78 is 2.01. The van der Waals surface area contributed by atoms with Crippen LogP contribution in [0, 0.1) is 11.3 Å². The predicted molar refractivity (Wildman–Crippen MR) is 105 cm³/mol. The van der Waals surface area contributed by atoms with Gasteiger partial charge in [0.2, 0.25) is 16.8 Å². The first-order valence-electron chi connectivity index (χ1n) is 8.41. The van der Waals surface area contributed by atoms with E-state index in [2.05, 4.69) is 33.2 Å². The van der Waals surface area contributed by atoms with Crippen LogP contribution in [0.3, 0.4) is 0 Å². The first kappa shape index (κ1) is 18.8. The van der Waals surface area contributed by atoms with Gasteiger partial charge >= 0.3 is 5.16 Å². The lowest BCUT2D eigenvalue weighted by molar-refractivity contribution is -0.699. The minimum absolute atomic E-state index is 0.584. The second-order valence-corrected chi connectivity index (χ2v) is 8.13. The molecule has 0 saturated carbocycles. The highest BCUT2D eigenvalue weighted by Gasteiger charge is 2.23. The molecule has 1 aliphatic rings. The molecular weight excluding hydrogens is 368 g/mol. The first-order chi connectivity index (χ1) is 12.6. The Labute approximate surface area is 161 Å². The number of aromatic nitrogens is 3. The zero-order valence-electron chi connectivity index (χ0n) is 15.0. The van der Waals surface area contributed by atoms with E-state index in [1.165, 1.54) is 11.3 Å². The highest BCUT2D eigenvalue weighted by Crippen LogP contribution is 2.25. The van der Waals surface area contributed by atoms with E-state index in [0.717, 1.165) is 48.7 Å². The van der Waals surface area contributed by atoms with E-state index in [-0.39, 0.29) is 0 Å². The molecule has 2 aromatic heterocycles. The molecule has 10 heteroatoms. The molecule has 1 saturated heterocycles. The fourth-order valence-corrected chi connectivity index (χ4v) is 3.99. The number of piperazine rings is 1. The highest BCUT2D eigenvalue weighted by molar-refractivity contribution is 7.99. The molecule has 0 bridgehead atoms. The van der Waals surface area contributed by atoms with Crippen molar-refractivity contribution in [2.75, 3.05) is 55.7 Å². The molecule has 138 valence electrons. The van der Waals surface area contributed by atoms with Gasteiger partial charge in [0.1, 0.15) is 10.9 Å². The zero-order valence-corrected chi connectivity index (χ0v) is 16.6. The van der Waals surface area contributed by atoms with Crippen molar-refractivity contribution < 1.29 is 4.57 Å². The van der Waals surface area contributed by atoms with Gasteiger partial charge < -0.3 is 15.5 Å². The Morgan fingerprint density at radius 1 is 1.42 bits per heavy atom. The SMILES string of the molecule is CN1CCN(c2cc(Nc3ncc(C#N)s3)[n+](C)c(SCCN)n2)CC1. The summed E-state index contributed by atoms with van der Waals surface area (Å²) in [5.41, 5.74) is 5.67. The Balaban J connectivity index is 1.90. The molecule has 3 N–H and O–H groups in total. The van der Waals surface area contributed by atoms with E-state index >= 15 is 0 Å². The molecule has 3 heterocycles. The number of rotatable bonds is 6. The van der Waals surface area contributed by atoms with Crippen molar-refractivity contribution in [3.8, 4) is 6.07 Å². The van der Waals surface area contributed by atoms with Crippen LogP contribution in [0.4, 0.5) is 16.8 Å². The number of hydrogen-bond donors (Lipinski definition) is 2. The Kier molecular flexibility index (Phi) is 6.26. The summed E-state index contributed by atoms with van der Waals surface area (Å²) in [7, 11) is 4.11. The van der Waals surface area contributed by atoms with Crippen LogP contribution in [0.15, 0.2) is 17.4 Å². The van der Waals surface area contributed by atoms with Crippen molar-refractivity contribution in [2.24, 2.45) is 12.8 Å². The Morgan fingerprint density at radius 3 is 2.85 bits per heavy atom. The van der Waals surface area contributed by atoms with Gasteiger partial charge in [-0.3, -0.25) is 0 Å². The highest BCUT2D eigenvalue weighted by atomic mass is 32.2. The second-order valence-electron chi connectivity index (χ2n) is 6.04. The summed E-state index contributed by atoms with van der Waals surface area (Å²) in [6, 6.07) is 4.17. The monoisotopic (exact) mass is 391 g/mol. The number of thioether (sulfide) groups is 1. The lowest BCUT2D eigenvalue weighted by Crippen LogP contribution is -2.45. The standard InChI is InChI=1S/C16H22N8S2/c1-22-4-6-24(7-5-22)14-9-13(20-15-19-11-12(10-18)26-15)23(2)16(21-14)25-8-3-17/h9,11H,3-8,17H2,1-2H3/p+1. The van der Waals surface area contributed by atoms with Gasteiger partial charge in [0, 0.05) is 38.5 Å². The third-order valence-electron chi connectivity index (χ3n) is 4.15. The van der Waals surface area contributed by atoms with Gasteiger partial charge in [-0.15, -0.1) is 0 Å². The van der Waals surface area contributed by atoms with Crippen LogP contribution in [-0.2, 0) is 7.05 Å². The fourth-order valence-electron chi connectivity index (χ4n) is 2.62. The van der Waals surface area contributed by atoms with Crippen molar-refractivity contribution in [2.45, 2.75) is 5.16 Å². The fraction of sp³-hybridized carbons (Fsp3) is 0.500. The molecule has 0 unspecified atom stereocenters. The minimum atomic E-state index is 0.584. The molecule has 0 aliphatic carbocycles. The van der Waals surface area contributed by atoms with Crippen LogP contribution in [0.2, 0.25) is 0 Å². The topological polar surface area (TPSA) is 98.0 Å². The zero-order chi connectivity index (χ0) is 18.5. The molecule has 26 heavy (non-hydrogen) atoms. The summed E-state index contributed by atoms with van der Waals surface area (Å²) in [6.45, 7) is 4.55. The number of anilines is 3. The smallest absolute Gasteiger partial charge is 0.300 e. The summed E-state index contributed by atoms with van der Waals surface area (Å²) in [4.78, 5) is 14.3. The minimum Gasteiger partial charge on any atom is -0.340 e. The van der Waals surface area contributed by atoms with Crippen LogP contribution in [0.25, 0.3) is 0 Å². The summed E-state index contributed by atoms with van der Waals surface area (Å²) in [6.07, 6.45) is 1.58. The normalized spacial score (nSPS) is 15.1. The van der Waals surface area contributed by atoms with E-state index in [0.29, 0.717) is 16.6 Å².